The second-order valence-electron chi connectivity index (χ2n) is 34.7. The third kappa shape index (κ3) is 37.1. The minimum Gasteiger partial charge on any atom is -0.390 e. The van der Waals surface area contributed by atoms with Crippen molar-refractivity contribution in [2.45, 2.75) is 276 Å². The summed E-state index contributed by atoms with van der Waals surface area (Å²) in [5, 5.41) is 211. The largest absolute Gasteiger partial charge is 0.395 e. The highest BCUT2D eigenvalue weighted by Crippen LogP contribution is 2.54. The first-order valence-electron chi connectivity index (χ1n) is 43.8. The number of rotatable bonds is 17. The molecule has 12 fully saturated rings. The van der Waals surface area contributed by atoms with Crippen LogP contribution in [0.2, 0.25) is 0 Å². The number of halogens is 16. The van der Waals surface area contributed by atoms with E-state index in [1.54, 1.807) is 18.7 Å². The molecule has 127 heavy (non-hydrogen) atoms. The molecule has 0 radical (unpaired) electrons. The molecule has 29 N–H and O–H groups in total. The maximum absolute atomic E-state index is 12.8. The Morgan fingerprint density at radius 1 is 0.394 bits per heavy atom. The Balaban J connectivity index is 0.000000297. The van der Waals surface area contributed by atoms with Crippen LogP contribution < -0.4 is 47.9 Å². The zero-order chi connectivity index (χ0) is 95.7. The minimum absolute atomic E-state index is 0.00611. The zero-order valence-electron chi connectivity index (χ0n) is 71.9. The SMILES string of the molecule is CC[C@@H]1NC[C@@H](O)[C@H](O)[C@H]1C(F)F.CC[C@@H]1NC[C@@H](O)[C@H](O)[C@H]1CF.CC[C@H]1NC[C@@H](O)[C@H](O)[C@H]1C(F)F.CC[C@H]1NC[C@@H](O)[C@H](O)[C@H]1CF.O[C@@H]1[C@@H](CC(F)F)CNC[C@H]1O.O[C@@H]1[C@@H](CCF)CNC[C@H]1O.O[C@H]1[C@H](O)CN(Cc2ccccc2)C[C@@H]1C(F)F.O[C@H]1[C@H](O)CNC[C@@H]1C(F)(F)F.O[C@H]1[C@H](O)CNC[C@@H]1C1CC1.O[C@H]1[C@H](O)CNC[C@@H]1C1CC1(F)F. The normalized spacial score (nSPS) is 40.2. The fourth-order valence-electron chi connectivity index (χ4n) is 17.2. The summed E-state index contributed by atoms with van der Waals surface area (Å²) in [5.74, 6) is -9.84. The fourth-order valence-corrected chi connectivity index (χ4v) is 17.2. The van der Waals surface area contributed by atoms with Gasteiger partial charge in [0.2, 0.25) is 25.7 Å². The molecule has 1 aromatic carbocycles. The third-order valence-electron chi connectivity index (χ3n) is 25.5. The number of β-amino-alcohol motifs (C(OH)–C–C–N with tert-alkyl or cyclic N) is 10. The van der Waals surface area contributed by atoms with E-state index in [1.807, 2.05) is 44.2 Å². The second kappa shape index (κ2) is 57.7. The molecule has 2 aliphatic carbocycles. The summed E-state index contributed by atoms with van der Waals surface area (Å²) in [6, 6.07) is 8.66. The molecule has 0 spiro atoms. The lowest BCUT2D eigenvalue weighted by molar-refractivity contribution is -0.217. The van der Waals surface area contributed by atoms with Crippen LogP contribution in [0.5, 0.6) is 0 Å². The first-order chi connectivity index (χ1) is 59.7. The molecule has 1 unspecified atom stereocenters. The van der Waals surface area contributed by atoms with E-state index in [4.69, 9.17) is 30.6 Å². The summed E-state index contributed by atoms with van der Waals surface area (Å²) < 4.78 is 197. The van der Waals surface area contributed by atoms with Gasteiger partial charge in [-0.1, -0.05) is 58.0 Å². The van der Waals surface area contributed by atoms with Gasteiger partial charge in [-0.05, 0) is 56.4 Å². The quantitative estimate of drug-likeness (QED) is 0.0728. The summed E-state index contributed by atoms with van der Waals surface area (Å²) in [6.45, 7) is 11.1. The van der Waals surface area contributed by atoms with Crippen molar-refractivity contribution in [1.82, 2.24) is 52.8 Å². The number of aliphatic hydroxyl groups is 20. The van der Waals surface area contributed by atoms with E-state index < -0.39 is 245 Å². The van der Waals surface area contributed by atoms with Crippen molar-refractivity contribution in [2.75, 3.05) is 125 Å². The standard InChI is InChI=1S/C13H17F2NO2.C8H13F2NO2.2C8H15F2NO2.2C8H16FNO2.C8H15NO2.C7H13F2NO2.C7H14FNO2.C6H10F3NO2/c14-13(15)10-7-16(8-11(17)12(10)18)6-9-4-2-1-3-5-9;9-8(10)1-5(8)4-2-11-3-6(12)7(4)13;2*1-2-4-6(8(9)10)7(13)5(12)3-11-4;2*1-2-6-5(3-9)8(12)7(11)4-10-6;10-7-4-9-3-6(8(7)11)5-1-2-5;8-6(9)1-4-2-10-3-5(11)7(4)12;8-2-1-5-3-9-4-6(10)7(5)11;7-6(8,9)3-1-10-2-4(11)5(3)12/h1-5,10-13,17-18H,6-8H2;4-7,11-13H,1-3H2;2*4-8,11-13H,2-3H2,1H3;2*5-8,10-12H,2-4H2,1H3;5-11H,1-4H2;4-7,10-12H,1-3H2;5-7,9-11H,1-4H2;3-5,10-12H,1-2H2/t10-,11+,12+;4-,5?,6-,7-;4-,5+,6-,7-;4-,5-,6+,7+;5-,6+,7+,8+;5-,6-,7+,8+;6-,7-,8-;4-,5+,7+;5-,6+,7+;3-,4+,5+/m0101001000/s1. The molecule has 1 aromatic rings. The van der Waals surface area contributed by atoms with Crippen molar-refractivity contribution in [3.63, 3.8) is 0 Å². The van der Waals surface area contributed by atoms with Gasteiger partial charge in [0.05, 0.1) is 166 Å². The van der Waals surface area contributed by atoms with Gasteiger partial charge in [-0.2, -0.15) is 13.2 Å². The number of alkyl halides is 16. The molecule has 10 heterocycles. The lowest BCUT2D eigenvalue weighted by Gasteiger charge is -2.38. The zero-order valence-corrected chi connectivity index (χ0v) is 71.9. The topological polar surface area (TPSA) is 516 Å². The summed E-state index contributed by atoms with van der Waals surface area (Å²) in [6.07, 6.45) is -29.9. The predicted molar refractivity (Wildman–Crippen MR) is 432 cm³/mol. The van der Waals surface area contributed by atoms with Crippen LogP contribution in [0.4, 0.5) is 70.2 Å². The predicted octanol–water partition coefficient (Wildman–Crippen LogP) is -2.32. The van der Waals surface area contributed by atoms with E-state index in [1.165, 1.54) is 12.8 Å². The number of hydrogen-bond donors (Lipinski definition) is 29. The second-order valence-corrected chi connectivity index (χ2v) is 34.7. The van der Waals surface area contributed by atoms with Crippen molar-refractivity contribution >= 4 is 0 Å². The maximum atomic E-state index is 12.8. The van der Waals surface area contributed by atoms with Crippen LogP contribution in [0.15, 0.2) is 30.3 Å². The molecule has 35 atom stereocenters. The van der Waals surface area contributed by atoms with Gasteiger partial charge in [0, 0.05) is 190 Å². The highest BCUT2D eigenvalue weighted by molar-refractivity contribution is 5.15. The Bertz CT molecular complexity index is 2960. The average Bonchev–Trinajstić information content (AvgIpc) is 1.60. The Morgan fingerprint density at radius 2 is 0.756 bits per heavy atom. The summed E-state index contributed by atoms with van der Waals surface area (Å²) >= 11 is 0. The maximum Gasteiger partial charge on any atom is 0.395 e. The molecule has 10 saturated heterocycles. The smallest absolute Gasteiger partial charge is 0.390 e. The summed E-state index contributed by atoms with van der Waals surface area (Å²) in [7, 11) is 0. The van der Waals surface area contributed by atoms with Gasteiger partial charge in [0.15, 0.2) is 0 Å². The van der Waals surface area contributed by atoms with E-state index in [0.717, 1.165) is 24.9 Å². The van der Waals surface area contributed by atoms with E-state index in [2.05, 4.69) is 47.9 Å². The van der Waals surface area contributed by atoms with Crippen LogP contribution in [0.1, 0.15) is 91.0 Å². The van der Waals surface area contributed by atoms with Gasteiger partial charge >= 0.3 is 6.18 Å². The lowest BCUT2D eigenvalue weighted by atomic mass is 9.85. The van der Waals surface area contributed by atoms with E-state index in [0.29, 0.717) is 83.5 Å². The highest BCUT2D eigenvalue weighted by Gasteiger charge is 2.62. The lowest BCUT2D eigenvalue weighted by Crippen LogP contribution is -2.58. The molecule has 30 nitrogen and oxygen atoms in total. The van der Waals surface area contributed by atoms with Crippen LogP contribution in [0.25, 0.3) is 0 Å². The molecule has 0 amide bonds. The summed E-state index contributed by atoms with van der Waals surface area (Å²) in [5.41, 5.74) is 1.01. The van der Waals surface area contributed by atoms with Crippen molar-refractivity contribution in [1.29, 1.82) is 0 Å². The van der Waals surface area contributed by atoms with Gasteiger partial charge in [0.25, 0.3) is 5.92 Å². The number of nitrogens with one attached hydrogen (secondary N) is 9. The molecule has 12 aliphatic rings. The van der Waals surface area contributed by atoms with Gasteiger partial charge in [0.1, 0.15) is 0 Å². The van der Waals surface area contributed by atoms with Crippen molar-refractivity contribution in [2.24, 2.45) is 71.0 Å². The van der Waals surface area contributed by atoms with Crippen molar-refractivity contribution in [3.8, 4) is 0 Å². The Labute approximate surface area is 730 Å². The average molecular weight is 1880 g/mol. The third-order valence-corrected chi connectivity index (χ3v) is 25.5. The van der Waals surface area contributed by atoms with Crippen molar-refractivity contribution < 1.29 is 172 Å². The molecular weight excluding hydrogens is 1740 g/mol. The molecule has 46 heteroatoms. The molecule has 10 aliphatic heterocycles. The molecule has 2 saturated carbocycles. The number of hydrogen-bond acceptors (Lipinski definition) is 30. The number of piperidine rings is 10. The Morgan fingerprint density at radius 3 is 1.13 bits per heavy atom. The number of benzene rings is 1. The van der Waals surface area contributed by atoms with Gasteiger partial charge in [-0.3, -0.25) is 18.1 Å². The number of aliphatic hydroxyl groups excluding tert-OH is 20. The Hall–Kier alpha value is -3.10. The molecule has 750 valence electrons. The number of nitrogens with zero attached hydrogens (tertiary/aromatic N) is 1. The monoisotopic (exact) mass is 1880 g/mol. The minimum atomic E-state index is -4.45. The highest BCUT2D eigenvalue weighted by atomic mass is 19.4. The van der Waals surface area contributed by atoms with Crippen LogP contribution in [0.3, 0.4) is 0 Å². The molecule has 0 bridgehead atoms. The van der Waals surface area contributed by atoms with Gasteiger partial charge < -0.3 is 150 Å². The van der Waals surface area contributed by atoms with E-state index in [9.17, 15) is 142 Å². The van der Waals surface area contributed by atoms with Crippen LogP contribution in [-0.2, 0) is 6.54 Å². The van der Waals surface area contributed by atoms with E-state index in [-0.39, 0.29) is 83.2 Å². The molecule has 13 rings (SSSR count). The van der Waals surface area contributed by atoms with Crippen molar-refractivity contribution in [3.05, 3.63) is 35.9 Å². The van der Waals surface area contributed by atoms with Crippen LogP contribution >= 0.6 is 0 Å². The molecule has 0 aromatic heterocycles. The fraction of sp³-hybridized carbons (Fsp3) is 0.926. The van der Waals surface area contributed by atoms with Gasteiger partial charge in [-0.15, -0.1) is 0 Å². The summed E-state index contributed by atoms with van der Waals surface area (Å²) in [4.78, 5) is 1.75. The number of likely N-dealkylation sites (tertiary alicyclic amines) is 1. The van der Waals surface area contributed by atoms with Gasteiger partial charge in [-0.25, -0.2) is 43.9 Å². The first-order valence-corrected chi connectivity index (χ1v) is 43.8. The Kier molecular flexibility index (Phi) is 52.8. The van der Waals surface area contributed by atoms with E-state index >= 15 is 0 Å². The first kappa shape index (κ1) is 116. The van der Waals surface area contributed by atoms with Crippen LogP contribution in [0, 0.1) is 71.0 Å². The molecular formula is C81H144F16N10O20. The van der Waals surface area contributed by atoms with Crippen LogP contribution in [-0.4, -0.2) is 416 Å².